The quantitative estimate of drug-likeness (QED) is 0.231. The predicted octanol–water partition coefficient (Wildman–Crippen LogP) is 9.12. The number of halogens is 2. The molecule has 0 amide bonds. The molecule has 1 fully saturated rings. The SMILES string of the molecule is CCCCCCC1CCC(c2ccc(-c3cc(F)c(N=C=S)c(Cl)c3)cc2)CC1. The lowest BCUT2D eigenvalue weighted by molar-refractivity contribution is 0.302. The van der Waals surface area contributed by atoms with Crippen molar-refractivity contribution in [3.8, 4) is 11.1 Å². The molecule has 0 atom stereocenters. The molecule has 2 aromatic rings. The summed E-state index contributed by atoms with van der Waals surface area (Å²) in [5, 5.41) is 2.42. The van der Waals surface area contributed by atoms with Crippen LogP contribution in [0.4, 0.5) is 10.1 Å². The van der Waals surface area contributed by atoms with E-state index in [4.69, 9.17) is 11.6 Å². The molecule has 0 N–H and O–H groups in total. The number of unbranched alkanes of at least 4 members (excludes halogenated alkanes) is 3. The van der Waals surface area contributed by atoms with Crippen LogP contribution in [0.5, 0.6) is 0 Å². The van der Waals surface area contributed by atoms with Crippen LogP contribution in [-0.4, -0.2) is 5.16 Å². The molecule has 0 heterocycles. The fourth-order valence-corrected chi connectivity index (χ4v) is 4.82. The monoisotopic (exact) mass is 429 g/mol. The number of isothiocyanates is 1. The molecule has 1 aliphatic rings. The molecular formula is C25H29ClFNS. The molecule has 0 bridgehead atoms. The predicted molar refractivity (Wildman–Crippen MR) is 125 cm³/mol. The van der Waals surface area contributed by atoms with Crippen molar-refractivity contribution in [3.63, 3.8) is 0 Å². The van der Waals surface area contributed by atoms with Gasteiger partial charge in [-0.25, -0.2) is 4.39 Å². The van der Waals surface area contributed by atoms with E-state index in [2.05, 4.69) is 53.6 Å². The summed E-state index contributed by atoms with van der Waals surface area (Å²) in [4.78, 5) is 3.71. The average molecular weight is 430 g/mol. The summed E-state index contributed by atoms with van der Waals surface area (Å²) < 4.78 is 14.3. The van der Waals surface area contributed by atoms with Gasteiger partial charge in [-0.1, -0.05) is 74.9 Å². The Morgan fingerprint density at radius 1 is 1.03 bits per heavy atom. The Morgan fingerprint density at radius 3 is 2.38 bits per heavy atom. The average Bonchev–Trinajstić information content (AvgIpc) is 2.74. The molecule has 0 unspecified atom stereocenters. The first-order valence-corrected chi connectivity index (χ1v) is 11.6. The van der Waals surface area contributed by atoms with E-state index in [9.17, 15) is 4.39 Å². The number of benzene rings is 2. The number of hydrogen-bond donors (Lipinski definition) is 0. The summed E-state index contributed by atoms with van der Waals surface area (Å²) in [6.45, 7) is 2.27. The van der Waals surface area contributed by atoms with Gasteiger partial charge in [0.2, 0.25) is 0 Å². The molecule has 1 nitrogen and oxygen atoms in total. The highest BCUT2D eigenvalue weighted by atomic mass is 35.5. The van der Waals surface area contributed by atoms with Crippen molar-refractivity contribution in [2.24, 2.45) is 10.9 Å². The Labute approximate surface area is 184 Å². The molecular weight excluding hydrogens is 401 g/mol. The van der Waals surface area contributed by atoms with E-state index < -0.39 is 5.82 Å². The van der Waals surface area contributed by atoms with Gasteiger partial charge in [-0.3, -0.25) is 0 Å². The minimum Gasteiger partial charge on any atom is -0.205 e. The van der Waals surface area contributed by atoms with E-state index in [1.54, 1.807) is 6.07 Å². The topological polar surface area (TPSA) is 12.4 Å². The fraction of sp³-hybridized carbons (Fsp3) is 0.480. The molecule has 0 spiro atoms. The Bertz CT molecular complexity index is 827. The van der Waals surface area contributed by atoms with Gasteiger partial charge in [0.15, 0.2) is 5.82 Å². The highest BCUT2D eigenvalue weighted by Gasteiger charge is 2.22. The zero-order chi connectivity index (χ0) is 20.6. The lowest BCUT2D eigenvalue weighted by atomic mass is 9.77. The fourth-order valence-electron chi connectivity index (χ4n) is 4.48. The smallest absolute Gasteiger partial charge is 0.151 e. The van der Waals surface area contributed by atoms with Crippen LogP contribution in [0, 0.1) is 11.7 Å². The zero-order valence-corrected chi connectivity index (χ0v) is 18.7. The molecule has 154 valence electrons. The van der Waals surface area contributed by atoms with E-state index >= 15 is 0 Å². The van der Waals surface area contributed by atoms with Gasteiger partial charge in [0.05, 0.1) is 10.2 Å². The minimum atomic E-state index is -0.480. The molecule has 29 heavy (non-hydrogen) atoms. The molecule has 2 aromatic carbocycles. The van der Waals surface area contributed by atoms with Crippen LogP contribution in [-0.2, 0) is 0 Å². The van der Waals surface area contributed by atoms with Crippen molar-refractivity contribution in [3.05, 3.63) is 52.8 Å². The summed E-state index contributed by atoms with van der Waals surface area (Å²) in [6.07, 6.45) is 12.1. The molecule has 0 radical (unpaired) electrons. The third kappa shape index (κ3) is 5.98. The van der Waals surface area contributed by atoms with Gasteiger partial charge < -0.3 is 0 Å². The Morgan fingerprint density at radius 2 is 1.76 bits per heavy atom. The van der Waals surface area contributed by atoms with Gasteiger partial charge in [-0.15, -0.1) is 0 Å². The van der Waals surface area contributed by atoms with Gasteiger partial charge in [0.25, 0.3) is 0 Å². The van der Waals surface area contributed by atoms with Crippen molar-refractivity contribution in [1.29, 1.82) is 0 Å². The van der Waals surface area contributed by atoms with E-state index in [0.717, 1.165) is 17.0 Å². The highest BCUT2D eigenvalue weighted by molar-refractivity contribution is 7.78. The van der Waals surface area contributed by atoms with Crippen LogP contribution < -0.4 is 0 Å². The highest BCUT2D eigenvalue weighted by Crippen LogP contribution is 2.39. The molecule has 1 saturated carbocycles. The first-order chi connectivity index (χ1) is 14.1. The van der Waals surface area contributed by atoms with Crippen molar-refractivity contribution < 1.29 is 4.39 Å². The molecule has 0 aliphatic heterocycles. The minimum absolute atomic E-state index is 0.0495. The van der Waals surface area contributed by atoms with E-state index in [-0.39, 0.29) is 10.7 Å². The third-order valence-electron chi connectivity index (χ3n) is 6.20. The number of nitrogens with zero attached hydrogens (tertiary/aromatic N) is 1. The summed E-state index contributed by atoms with van der Waals surface area (Å²) >= 11 is 10.7. The van der Waals surface area contributed by atoms with Crippen LogP contribution in [0.3, 0.4) is 0 Å². The summed E-state index contributed by atoms with van der Waals surface area (Å²) in [5.74, 6) is 1.09. The first kappa shape index (κ1) is 22.2. The van der Waals surface area contributed by atoms with Crippen molar-refractivity contribution in [2.75, 3.05) is 0 Å². The maximum absolute atomic E-state index is 14.3. The van der Waals surface area contributed by atoms with E-state index in [0.29, 0.717) is 5.92 Å². The van der Waals surface area contributed by atoms with Gasteiger partial charge in [-0.2, -0.15) is 4.99 Å². The number of thiocarbonyl (C=S) groups is 1. The number of aliphatic imine (C=N–C) groups is 1. The molecule has 4 heteroatoms. The maximum atomic E-state index is 14.3. The lowest BCUT2D eigenvalue weighted by Gasteiger charge is -2.29. The third-order valence-corrected chi connectivity index (χ3v) is 6.58. The lowest BCUT2D eigenvalue weighted by Crippen LogP contribution is -2.13. The molecule has 3 rings (SSSR count). The second-order valence-electron chi connectivity index (χ2n) is 8.18. The largest absolute Gasteiger partial charge is 0.205 e. The van der Waals surface area contributed by atoms with E-state index in [1.165, 1.54) is 69.4 Å². The van der Waals surface area contributed by atoms with Crippen molar-refractivity contribution in [1.82, 2.24) is 0 Å². The van der Waals surface area contributed by atoms with Gasteiger partial charge in [0, 0.05) is 0 Å². The second-order valence-corrected chi connectivity index (χ2v) is 8.77. The van der Waals surface area contributed by atoms with Crippen molar-refractivity contribution in [2.45, 2.75) is 70.6 Å². The first-order valence-electron chi connectivity index (χ1n) is 10.8. The van der Waals surface area contributed by atoms with Crippen LogP contribution in [0.25, 0.3) is 11.1 Å². The maximum Gasteiger partial charge on any atom is 0.151 e. The van der Waals surface area contributed by atoms with Gasteiger partial charge in [0.1, 0.15) is 5.69 Å². The Hall–Kier alpha value is -1.54. The van der Waals surface area contributed by atoms with Crippen LogP contribution in [0.1, 0.15) is 76.2 Å². The van der Waals surface area contributed by atoms with Gasteiger partial charge >= 0.3 is 0 Å². The molecule has 0 saturated heterocycles. The standard InChI is InChI=1S/C25H29ClFNS/c1-2-3-4-5-6-18-7-9-19(10-8-18)20-11-13-21(14-12-20)22-15-23(26)25(28-17-29)24(27)16-22/h11-16,18-19H,2-10H2,1H3. The summed E-state index contributed by atoms with van der Waals surface area (Å²) in [5.41, 5.74) is 3.15. The normalized spacial score (nSPS) is 19.0. The van der Waals surface area contributed by atoms with Crippen LogP contribution >= 0.6 is 23.8 Å². The van der Waals surface area contributed by atoms with Crippen LogP contribution in [0.15, 0.2) is 41.4 Å². The molecule has 0 aromatic heterocycles. The van der Waals surface area contributed by atoms with Gasteiger partial charge in [-0.05, 0) is 78.6 Å². The van der Waals surface area contributed by atoms with Crippen LogP contribution in [0.2, 0.25) is 5.02 Å². The Balaban J connectivity index is 1.61. The Kier molecular flexibility index (Phi) is 8.41. The number of hydrogen-bond acceptors (Lipinski definition) is 2. The summed E-state index contributed by atoms with van der Waals surface area (Å²) in [7, 11) is 0. The zero-order valence-electron chi connectivity index (χ0n) is 17.1. The second kappa shape index (κ2) is 11.0. The molecule has 1 aliphatic carbocycles. The van der Waals surface area contributed by atoms with Crippen molar-refractivity contribution >= 4 is 34.7 Å². The summed E-state index contributed by atoms with van der Waals surface area (Å²) in [6, 6.07) is 11.7. The number of rotatable bonds is 8. The van der Waals surface area contributed by atoms with E-state index in [1.807, 2.05) is 0 Å².